The molecule has 0 saturated carbocycles. The van der Waals surface area contributed by atoms with E-state index in [4.69, 9.17) is 0 Å². The molecule has 0 nitrogen and oxygen atoms in total. The summed E-state index contributed by atoms with van der Waals surface area (Å²) in [4.78, 5) is 1.21. The maximum absolute atomic E-state index is 14.2. The van der Waals surface area contributed by atoms with Crippen LogP contribution in [-0.2, 0) is 6.42 Å². The highest BCUT2D eigenvalue weighted by atomic mass is 32.2. The lowest BCUT2D eigenvalue weighted by molar-refractivity contribution is 0.548. The van der Waals surface area contributed by atoms with Gasteiger partial charge >= 0.3 is 0 Å². The Morgan fingerprint density at radius 2 is 1.39 bits per heavy atom. The molecule has 0 atom stereocenters. The summed E-state index contributed by atoms with van der Waals surface area (Å²) in [6.07, 6.45) is 4.11. The maximum atomic E-state index is 14.2. The molecule has 3 rings (SSSR count). The molecule has 156 valence electrons. The van der Waals surface area contributed by atoms with Crippen LogP contribution >= 0.6 is 11.8 Å². The minimum atomic E-state index is -0.523. The van der Waals surface area contributed by atoms with E-state index in [1.165, 1.54) is 17.0 Å². The second kappa shape index (κ2) is 10.9. The molecule has 0 unspecified atom stereocenters. The number of halogens is 2. The smallest absolute Gasteiger partial charge is 0.130 e. The molecule has 0 amide bonds. The van der Waals surface area contributed by atoms with Crippen LogP contribution in [0.1, 0.15) is 53.1 Å². The Kier molecular flexibility index (Phi) is 7.94. The molecule has 0 bridgehead atoms. The molecule has 0 aliphatic rings. The fraction of sp³-hybridized carbons (Fsp3) is 0.214. The molecule has 0 heterocycles. The summed E-state index contributed by atoms with van der Waals surface area (Å²) in [6.45, 7) is 3.98. The standard InChI is InChI=1S/C28H24F2S/c1-4-5-6-26-27(29)18-23(19-28(26)30)8-7-22-10-14-24(20(2)17-22)13-9-21-11-15-25(31-3)16-12-21/h10-12,14-19H,4-6H2,1-3H3. The first-order valence-electron chi connectivity index (χ1n) is 10.3. The third-order valence-electron chi connectivity index (χ3n) is 4.93. The third kappa shape index (κ3) is 6.24. The molecule has 0 fully saturated rings. The van der Waals surface area contributed by atoms with Gasteiger partial charge in [-0.1, -0.05) is 37.0 Å². The van der Waals surface area contributed by atoms with Crippen LogP contribution in [-0.4, -0.2) is 6.26 Å². The van der Waals surface area contributed by atoms with Crippen molar-refractivity contribution in [3.8, 4) is 23.7 Å². The second-order valence-corrected chi connectivity index (χ2v) is 8.16. The van der Waals surface area contributed by atoms with Crippen molar-refractivity contribution in [2.45, 2.75) is 38.0 Å². The van der Waals surface area contributed by atoms with Crippen LogP contribution in [0.2, 0.25) is 0 Å². The summed E-state index contributed by atoms with van der Waals surface area (Å²) in [5.41, 5.74) is 4.17. The molecular weight excluding hydrogens is 406 g/mol. The Balaban J connectivity index is 1.77. The minimum absolute atomic E-state index is 0.147. The first-order valence-corrected chi connectivity index (χ1v) is 11.5. The quantitative estimate of drug-likeness (QED) is 0.313. The lowest BCUT2D eigenvalue weighted by atomic mass is 10.0. The Hall–Kier alpha value is -3.01. The monoisotopic (exact) mass is 430 g/mol. The average molecular weight is 431 g/mol. The Morgan fingerprint density at radius 3 is 2.00 bits per heavy atom. The first kappa shape index (κ1) is 22.7. The third-order valence-corrected chi connectivity index (χ3v) is 5.67. The Morgan fingerprint density at radius 1 is 0.774 bits per heavy atom. The van der Waals surface area contributed by atoms with E-state index in [0.717, 1.165) is 35.1 Å². The molecule has 0 radical (unpaired) electrons. The van der Waals surface area contributed by atoms with Crippen molar-refractivity contribution in [2.75, 3.05) is 6.26 Å². The molecule has 0 aliphatic heterocycles. The van der Waals surface area contributed by atoms with Crippen LogP contribution in [0.25, 0.3) is 0 Å². The van der Waals surface area contributed by atoms with Gasteiger partial charge in [0.1, 0.15) is 11.6 Å². The summed E-state index contributed by atoms with van der Waals surface area (Å²) in [5, 5.41) is 0. The Labute approximate surface area is 188 Å². The van der Waals surface area contributed by atoms with Gasteiger partial charge in [0.05, 0.1) is 0 Å². The maximum Gasteiger partial charge on any atom is 0.130 e. The molecule has 0 N–H and O–H groups in total. The van der Waals surface area contributed by atoms with Crippen LogP contribution in [0.15, 0.2) is 59.5 Å². The van der Waals surface area contributed by atoms with Crippen molar-refractivity contribution < 1.29 is 8.78 Å². The zero-order valence-corrected chi connectivity index (χ0v) is 18.8. The van der Waals surface area contributed by atoms with Crippen LogP contribution in [0.4, 0.5) is 8.78 Å². The predicted molar refractivity (Wildman–Crippen MR) is 126 cm³/mol. The van der Waals surface area contributed by atoms with Gasteiger partial charge in [-0.3, -0.25) is 0 Å². The SMILES string of the molecule is CCCCc1c(F)cc(C#Cc2ccc(C#Cc3ccc(SC)cc3)c(C)c2)cc1F. The zero-order valence-electron chi connectivity index (χ0n) is 18.0. The highest BCUT2D eigenvalue weighted by Gasteiger charge is 2.10. The summed E-state index contributed by atoms with van der Waals surface area (Å²) in [5.74, 6) is 11.2. The van der Waals surface area contributed by atoms with E-state index < -0.39 is 11.6 Å². The van der Waals surface area contributed by atoms with Crippen LogP contribution in [0.3, 0.4) is 0 Å². The summed E-state index contributed by atoms with van der Waals surface area (Å²) >= 11 is 1.70. The number of rotatable bonds is 4. The van der Waals surface area contributed by atoms with E-state index in [1.807, 2.05) is 50.4 Å². The van der Waals surface area contributed by atoms with Gasteiger partial charge in [0, 0.05) is 32.7 Å². The van der Waals surface area contributed by atoms with E-state index >= 15 is 0 Å². The van der Waals surface area contributed by atoms with Crippen molar-refractivity contribution in [3.05, 3.63) is 99.6 Å². The predicted octanol–water partition coefficient (Wildman–Crippen LogP) is 7.14. The first-order chi connectivity index (χ1) is 15.0. The summed E-state index contributed by atoms with van der Waals surface area (Å²) in [6, 6.07) is 16.5. The number of hydrogen-bond acceptors (Lipinski definition) is 1. The van der Waals surface area contributed by atoms with E-state index in [9.17, 15) is 8.78 Å². The second-order valence-electron chi connectivity index (χ2n) is 7.28. The fourth-order valence-electron chi connectivity index (χ4n) is 3.11. The highest BCUT2D eigenvalue weighted by Crippen LogP contribution is 2.18. The molecular formula is C28H24F2S. The van der Waals surface area contributed by atoms with E-state index in [1.54, 1.807) is 11.8 Å². The van der Waals surface area contributed by atoms with Gasteiger partial charge in [0.2, 0.25) is 0 Å². The van der Waals surface area contributed by atoms with Crippen LogP contribution in [0.5, 0.6) is 0 Å². The molecule has 0 saturated heterocycles. The van der Waals surface area contributed by atoms with Gasteiger partial charge in [-0.2, -0.15) is 0 Å². The van der Waals surface area contributed by atoms with E-state index in [-0.39, 0.29) is 5.56 Å². The number of unbranched alkanes of at least 4 members (excludes halogenated alkanes) is 1. The van der Waals surface area contributed by atoms with Crippen molar-refractivity contribution >= 4 is 11.8 Å². The van der Waals surface area contributed by atoms with Crippen molar-refractivity contribution in [2.24, 2.45) is 0 Å². The number of aryl methyl sites for hydroxylation is 1. The zero-order chi connectivity index (χ0) is 22.2. The topological polar surface area (TPSA) is 0 Å². The van der Waals surface area contributed by atoms with Gasteiger partial charge < -0.3 is 0 Å². The van der Waals surface area contributed by atoms with Crippen molar-refractivity contribution in [3.63, 3.8) is 0 Å². The fourth-order valence-corrected chi connectivity index (χ4v) is 3.52. The van der Waals surface area contributed by atoms with Crippen LogP contribution in [0, 0.1) is 42.2 Å². The van der Waals surface area contributed by atoms with Gasteiger partial charge in [0.15, 0.2) is 0 Å². The molecule has 3 aromatic carbocycles. The van der Waals surface area contributed by atoms with Gasteiger partial charge in [0.25, 0.3) is 0 Å². The summed E-state index contributed by atoms with van der Waals surface area (Å²) in [7, 11) is 0. The molecule has 3 heteroatoms. The van der Waals surface area contributed by atoms with Gasteiger partial charge in [-0.25, -0.2) is 8.78 Å². The molecule has 3 aromatic rings. The summed E-state index contributed by atoms with van der Waals surface area (Å²) < 4.78 is 28.4. The molecule has 31 heavy (non-hydrogen) atoms. The molecule has 0 aliphatic carbocycles. The average Bonchev–Trinajstić information content (AvgIpc) is 2.77. The van der Waals surface area contributed by atoms with E-state index in [2.05, 4.69) is 35.8 Å². The number of hydrogen-bond donors (Lipinski definition) is 0. The van der Waals surface area contributed by atoms with Crippen molar-refractivity contribution in [1.29, 1.82) is 0 Å². The number of benzene rings is 3. The highest BCUT2D eigenvalue weighted by molar-refractivity contribution is 7.98. The number of thioether (sulfide) groups is 1. The lowest BCUT2D eigenvalue weighted by Gasteiger charge is -2.05. The van der Waals surface area contributed by atoms with Gasteiger partial charge in [-0.05, 0) is 86.2 Å². The normalized spacial score (nSPS) is 10.1. The lowest BCUT2D eigenvalue weighted by Crippen LogP contribution is -1.97. The van der Waals surface area contributed by atoms with E-state index in [0.29, 0.717) is 12.0 Å². The molecule has 0 spiro atoms. The van der Waals surface area contributed by atoms with Crippen molar-refractivity contribution in [1.82, 2.24) is 0 Å². The largest absolute Gasteiger partial charge is 0.207 e. The Bertz CT molecular complexity index is 1160. The minimum Gasteiger partial charge on any atom is -0.207 e. The van der Waals surface area contributed by atoms with Crippen LogP contribution < -0.4 is 0 Å². The molecule has 0 aromatic heterocycles. The van der Waals surface area contributed by atoms with Gasteiger partial charge in [-0.15, -0.1) is 11.8 Å².